The van der Waals surface area contributed by atoms with E-state index >= 15 is 0 Å². The molecule has 0 aromatic rings. The molecule has 0 fully saturated rings. The van der Waals surface area contributed by atoms with Gasteiger partial charge in [-0.2, -0.15) is 0 Å². The molecule has 0 saturated carbocycles. The fourth-order valence-electron chi connectivity index (χ4n) is 1.66. The van der Waals surface area contributed by atoms with Crippen LogP contribution in [0.2, 0.25) is 0 Å². The van der Waals surface area contributed by atoms with E-state index in [-0.39, 0.29) is 0 Å². The van der Waals surface area contributed by atoms with Gasteiger partial charge in [-0.15, -0.1) is 0 Å². The van der Waals surface area contributed by atoms with Gasteiger partial charge < -0.3 is 10.2 Å². The molecule has 1 atom stereocenters. The van der Waals surface area contributed by atoms with Crippen LogP contribution in [-0.2, 0) is 0 Å². The zero-order valence-corrected chi connectivity index (χ0v) is 9.16. The summed E-state index contributed by atoms with van der Waals surface area (Å²) in [7, 11) is 0. The van der Waals surface area contributed by atoms with Gasteiger partial charge in [0, 0.05) is 6.42 Å². The van der Waals surface area contributed by atoms with E-state index in [2.05, 4.69) is 20.8 Å². The van der Waals surface area contributed by atoms with Gasteiger partial charge in [0.15, 0.2) is 6.29 Å². The molecule has 0 aliphatic carbocycles. The topological polar surface area (TPSA) is 40.5 Å². The average Bonchev–Trinajstić information content (AvgIpc) is 1.99. The number of hydrogen-bond acceptors (Lipinski definition) is 2. The molecule has 1 unspecified atom stereocenters. The van der Waals surface area contributed by atoms with Crippen LogP contribution < -0.4 is 0 Å². The third-order valence-electron chi connectivity index (χ3n) is 2.39. The predicted molar refractivity (Wildman–Crippen MR) is 55.3 cm³/mol. The fourth-order valence-corrected chi connectivity index (χ4v) is 1.66. The monoisotopic (exact) mass is 188 g/mol. The molecule has 2 heteroatoms. The van der Waals surface area contributed by atoms with Crippen LogP contribution in [0.4, 0.5) is 0 Å². The Balaban J connectivity index is 3.66. The van der Waals surface area contributed by atoms with Crippen molar-refractivity contribution in [2.75, 3.05) is 0 Å². The first-order valence-electron chi connectivity index (χ1n) is 5.42. The Kier molecular flexibility index (Phi) is 7.29. The van der Waals surface area contributed by atoms with Crippen LogP contribution in [0.5, 0.6) is 0 Å². The zero-order chi connectivity index (χ0) is 10.3. The Morgan fingerprint density at radius 2 is 1.62 bits per heavy atom. The second-order valence-electron chi connectivity index (χ2n) is 4.34. The van der Waals surface area contributed by atoms with E-state index in [1.807, 2.05) is 0 Å². The molecule has 0 spiro atoms. The average molecular weight is 188 g/mol. The molecular weight excluding hydrogens is 164 g/mol. The van der Waals surface area contributed by atoms with Crippen molar-refractivity contribution in [1.82, 2.24) is 0 Å². The second kappa shape index (κ2) is 7.34. The smallest absolute Gasteiger partial charge is 0.151 e. The van der Waals surface area contributed by atoms with Gasteiger partial charge in [-0.3, -0.25) is 0 Å². The Morgan fingerprint density at radius 1 is 1.00 bits per heavy atom. The van der Waals surface area contributed by atoms with Crippen LogP contribution in [-0.4, -0.2) is 16.5 Å². The van der Waals surface area contributed by atoms with Gasteiger partial charge in [-0.25, -0.2) is 0 Å². The maximum atomic E-state index is 8.87. The largest absolute Gasteiger partial charge is 0.368 e. The third kappa shape index (κ3) is 8.26. The van der Waals surface area contributed by atoms with Crippen LogP contribution in [0.15, 0.2) is 0 Å². The summed E-state index contributed by atoms with van der Waals surface area (Å²) in [5, 5.41) is 17.7. The van der Waals surface area contributed by atoms with Crippen molar-refractivity contribution in [3.05, 3.63) is 0 Å². The van der Waals surface area contributed by atoms with Crippen LogP contribution >= 0.6 is 0 Å². The molecule has 0 amide bonds. The van der Waals surface area contributed by atoms with E-state index < -0.39 is 6.29 Å². The Hall–Kier alpha value is -0.0800. The lowest BCUT2D eigenvalue weighted by Crippen LogP contribution is -2.13. The van der Waals surface area contributed by atoms with Gasteiger partial charge in [-0.1, -0.05) is 46.5 Å². The molecule has 0 saturated heterocycles. The van der Waals surface area contributed by atoms with Crippen molar-refractivity contribution in [3.63, 3.8) is 0 Å². The van der Waals surface area contributed by atoms with Crippen molar-refractivity contribution in [1.29, 1.82) is 0 Å². The van der Waals surface area contributed by atoms with Crippen LogP contribution in [0.1, 0.15) is 52.9 Å². The number of hydrogen-bond donors (Lipinski definition) is 2. The van der Waals surface area contributed by atoms with Gasteiger partial charge in [0.05, 0.1) is 0 Å². The van der Waals surface area contributed by atoms with Gasteiger partial charge in [0.25, 0.3) is 0 Å². The quantitative estimate of drug-likeness (QED) is 0.603. The highest BCUT2D eigenvalue weighted by molar-refractivity contribution is 4.61. The van der Waals surface area contributed by atoms with Crippen molar-refractivity contribution in [2.45, 2.75) is 59.2 Å². The molecule has 0 aromatic heterocycles. The van der Waals surface area contributed by atoms with E-state index in [4.69, 9.17) is 10.2 Å². The lowest BCUT2D eigenvalue weighted by atomic mass is 9.91. The molecule has 0 heterocycles. The minimum absolute atomic E-state index is 0.493. The summed E-state index contributed by atoms with van der Waals surface area (Å²) in [5.74, 6) is 1.21. The highest BCUT2D eigenvalue weighted by Gasteiger charge is 2.12. The molecule has 13 heavy (non-hydrogen) atoms. The lowest BCUT2D eigenvalue weighted by molar-refractivity contribution is -0.0577. The Morgan fingerprint density at radius 3 is 2.00 bits per heavy atom. The first kappa shape index (κ1) is 12.9. The molecule has 2 nitrogen and oxygen atoms in total. The molecule has 0 aromatic carbocycles. The maximum Gasteiger partial charge on any atom is 0.151 e. The van der Waals surface area contributed by atoms with E-state index in [0.29, 0.717) is 12.3 Å². The molecule has 80 valence electrons. The van der Waals surface area contributed by atoms with Gasteiger partial charge in [0.2, 0.25) is 0 Å². The van der Waals surface area contributed by atoms with Gasteiger partial charge in [-0.05, 0) is 11.8 Å². The van der Waals surface area contributed by atoms with Crippen LogP contribution in [0, 0.1) is 11.8 Å². The summed E-state index contributed by atoms with van der Waals surface area (Å²) in [4.78, 5) is 0. The molecule has 0 radical (unpaired) electrons. The summed E-state index contributed by atoms with van der Waals surface area (Å²) in [6, 6.07) is 0. The van der Waals surface area contributed by atoms with Crippen LogP contribution in [0.3, 0.4) is 0 Å². The highest BCUT2D eigenvalue weighted by atomic mass is 16.5. The fraction of sp³-hybridized carbons (Fsp3) is 1.00. The summed E-state index contributed by atoms with van der Waals surface area (Å²) in [5.41, 5.74) is 0. The number of aliphatic hydroxyl groups is 2. The van der Waals surface area contributed by atoms with Crippen molar-refractivity contribution in [3.8, 4) is 0 Å². The van der Waals surface area contributed by atoms with Crippen LogP contribution in [0.25, 0.3) is 0 Å². The molecule has 0 aliphatic heterocycles. The van der Waals surface area contributed by atoms with Crippen molar-refractivity contribution in [2.24, 2.45) is 11.8 Å². The highest BCUT2D eigenvalue weighted by Crippen LogP contribution is 2.21. The molecule has 0 rings (SSSR count). The Bertz CT molecular complexity index is 111. The third-order valence-corrected chi connectivity index (χ3v) is 2.39. The molecule has 2 N–H and O–H groups in total. The van der Waals surface area contributed by atoms with E-state index in [9.17, 15) is 0 Å². The summed E-state index contributed by atoms with van der Waals surface area (Å²) in [6.07, 6.45) is 3.99. The second-order valence-corrected chi connectivity index (χ2v) is 4.34. The van der Waals surface area contributed by atoms with Gasteiger partial charge in [0.1, 0.15) is 0 Å². The minimum atomic E-state index is -1.12. The summed E-state index contributed by atoms with van der Waals surface area (Å²) < 4.78 is 0. The van der Waals surface area contributed by atoms with Crippen molar-refractivity contribution >= 4 is 0 Å². The van der Waals surface area contributed by atoms with Crippen molar-refractivity contribution < 1.29 is 10.2 Å². The minimum Gasteiger partial charge on any atom is -0.368 e. The standard InChI is InChI=1S/C11H24O2/c1-4-5-10(8-11(12)13)7-6-9(2)3/h9-13H,4-8H2,1-3H3. The molecule has 0 aliphatic rings. The molecule has 0 bridgehead atoms. The Labute approximate surface area is 82.0 Å². The first-order valence-corrected chi connectivity index (χ1v) is 5.42. The number of aliphatic hydroxyl groups excluding tert-OH is 1. The molecular formula is C11H24O2. The van der Waals surface area contributed by atoms with Gasteiger partial charge >= 0.3 is 0 Å². The number of rotatable bonds is 7. The summed E-state index contributed by atoms with van der Waals surface area (Å²) >= 11 is 0. The zero-order valence-electron chi connectivity index (χ0n) is 9.16. The van der Waals surface area contributed by atoms with E-state index in [1.165, 1.54) is 6.42 Å². The lowest BCUT2D eigenvalue weighted by Gasteiger charge is -2.17. The normalized spacial score (nSPS) is 14.1. The van der Waals surface area contributed by atoms with E-state index in [1.54, 1.807) is 0 Å². The SMILES string of the molecule is CCCC(CCC(C)C)CC(O)O. The summed E-state index contributed by atoms with van der Waals surface area (Å²) in [6.45, 7) is 6.56. The first-order chi connectivity index (χ1) is 6.06. The predicted octanol–water partition coefficient (Wildman–Crippen LogP) is 2.54. The maximum absolute atomic E-state index is 8.87. The van der Waals surface area contributed by atoms with E-state index in [0.717, 1.165) is 25.2 Å².